The predicted molar refractivity (Wildman–Crippen MR) is 259 cm³/mol. The second kappa shape index (κ2) is 23.2. The van der Waals surface area contributed by atoms with E-state index < -0.39 is 28.1 Å². The number of unbranched alkanes of at least 4 members (excludes halogenated alkanes) is 2. The molecule has 2 aliphatic rings. The third kappa shape index (κ3) is 14.0. The number of hydrogen-bond acceptors (Lipinski definition) is 6. The van der Waals surface area contributed by atoms with Gasteiger partial charge in [-0.1, -0.05) is 168 Å². The van der Waals surface area contributed by atoms with E-state index in [2.05, 4.69) is 113 Å². The van der Waals surface area contributed by atoms with Crippen LogP contribution in [0.15, 0.2) is 91.0 Å². The fraction of sp³-hybridized carbons (Fsp3) is 0.547. The number of carbonyl (C=O) groups excluding carboxylic acids is 2. The highest BCUT2D eigenvalue weighted by Gasteiger charge is 2.32. The van der Waals surface area contributed by atoms with Gasteiger partial charge in [0, 0.05) is 0 Å². The number of aliphatic hydroxyl groups excluding tert-OH is 2. The quantitative estimate of drug-likeness (QED) is 0.0452. The van der Waals surface area contributed by atoms with Crippen LogP contribution < -0.4 is 10.4 Å². The first kappa shape index (κ1) is 48.5. The number of aliphatic hydroxyl groups is 2. The van der Waals surface area contributed by atoms with E-state index in [0.29, 0.717) is 19.1 Å². The first-order chi connectivity index (χ1) is 29.2. The van der Waals surface area contributed by atoms with Gasteiger partial charge in [-0.25, -0.2) is 9.59 Å². The summed E-state index contributed by atoms with van der Waals surface area (Å²) in [6.07, 6.45) is 18.2. The second-order valence-corrected chi connectivity index (χ2v) is 29.3. The highest BCUT2D eigenvalue weighted by Crippen LogP contribution is 2.45. The summed E-state index contributed by atoms with van der Waals surface area (Å²) in [6, 6.07) is 27.9. The van der Waals surface area contributed by atoms with Crippen molar-refractivity contribution in [1.29, 1.82) is 0 Å². The van der Waals surface area contributed by atoms with E-state index in [0.717, 1.165) is 42.7 Å². The Balaban J connectivity index is 1.31. The minimum absolute atomic E-state index is 0.0944. The largest absolute Gasteiger partial charge is 0.462 e. The van der Waals surface area contributed by atoms with Crippen LogP contribution in [0.2, 0.25) is 38.3 Å². The molecule has 3 aromatic carbocycles. The van der Waals surface area contributed by atoms with E-state index in [9.17, 15) is 19.8 Å². The molecule has 0 amide bonds. The average molecular weight is 865 g/mol. The molecule has 2 N–H and O–H groups in total. The maximum atomic E-state index is 12.0. The van der Waals surface area contributed by atoms with Crippen molar-refractivity contribution in [2.45, 2.75) is 141 Å². The molecule has 0 atom stereocenters. The Morgan fingerprint density at radius 3 is 1.43 bits per heavy atom. The first-order valence-electron chi connectivity index (χ1n) is 23.5. The zero-order valence-electron chi connectivity index (χ0n) is 38.2. The molecule has 0 radical (unpaired) electrons. The first-order valence-corrected chi connectivity index (χ1v) is 29.9. The van der Waals surface area contributed by atoms with Crippen molar-refractivity contribution in [2.24, 2.45) is 17.8 Å². The van der Waals surface area contributed by atoms with Gasteiger partial charge in [0.15, 0.2) is 0 Å². The van der Waals surface area contributed by atoms with Crippen LogP contribution in [0.1, 0.15) is 108 Å². The van der Waals surface area contributed by atoms with Gasteiger partial charge in [0.2, 0.25) is 0 Å². The number of ether oxygens (including phenoxy) is 2. The Hall–Kier alpha value is -3.57. The van der Waals surface area contributed by atoms with E-state index in [4.69, 9.17) is 9.47 Å². The lowest BCUT2D eigenvalue weighted by atomic mass is 9.67. The van der Waals surface area contributed by atoms with E-state index in [1.165, 1.54) is 115 Å². The van der Waals surface area contributed by atoms with E-state index in [1.54, 1.807) is 0 Å². The van der Waals surface area contributed by atoms with Gasteiger partial charge in [0.05, 0.1) is 53.7 Å². The van der Waals surface area contributed by atoms with Gasteiger partial charge in [-0.05, 0) is 109 Å². The van der Waals surface area contributed by atoms with Crippen molar-refractivity contribution in [3.8, 4) is 22.3 Å². The summed E-state index contributed by atoms with van der Waals surface area (Å²) in [6.45, 7) is 18.9. The monoisotopic (exact) mass is 865 g/mol. The summed E-state index contributed by atoms with van der Waals surface area (Å²) in [4.78, 5) is 23.9. The van der Waals surface area contributed by atoms with Crippen LogP contribution in [0.3, 0.4) is 0 Å². The number of benzene rings is 3. The third-order valence-corrected chi connectivity index (χ3v) is 21.3. The van der Waals surface area contributed by atoms with Crippen molar-refractivity contribution in [3.05, 3.63) is 96.6 Å². The van der Waals surface area contributed by atoms with Gasteiger partial charge in [-0.3, -0.25) is 0 Å². The molecule has 0 spiro atoms. The molecule has 2 aliphatic carbocycles. The second-order valence-electron chi connectivity index (χ2n) is 19.7. The van der Waals surface area contributed by atoms with E-state index >= 15 is 0 Å². The Kier molecular flexibility index (Phi) is 18.4. The lowest BCUT2D eigenvalue weighted by Gasteiger charge is -2.38. The lowest BCUT2D eigenvalue weighted by molar-refractivity contribution is -0.140. The SMILES string of the molecule is C=C(CO)C(=O)OCCC[Si](C)(C)c1ccc(-c2cc(-c3ccc([Si](C)(C)CCCOC(=O)C(=C)CO)cc3)cc(C3CCC(C4CCC(CCCCC)CC4)CC3)c2)cc1. The van der Waals surface area contributed by atoms with Gasteiger partial charge in [0.25, 0.3) is 0 Å². The zero-order valence-corrected chi connectivity index (χ0v) is 40.2. The molecule has 3 aromatic rings. The molecular formula is C53H76O6Si2. The normalized spacial score (nSPS) is 19.6. The zero-order chi connectivity index (χ0) is 44.0. The predicted octanol–water partition coefficient (Wildman–Crippen LogP) is 11.5. The maximum absolute atomic E-state index is 12.0. The number of rotatable bonds is 22. The Morgan fingerprint density at radius 1 is 0.590 bits per heavy atom. The summed E-state index contributed by atoms with van der Waals surface area (Å²) in [7, 11) is -3.57. The molecule has 2 fully saturated rings. The molecule has 0 aliphatic heterocycles. The Labute approximate surface area is 370 Å². The van der Waals surface area contributed by atoms with Crippen LogP contribution in [-0.2, 0) is 19.1 Å². The standard InChI is InChI=1S/C53H76O6Si2/c1-8-9-10-13-41-14-16-42(17-15-41)43-18-20-44(21-19-43)47-34-48(45-22-26-50(27-23-45)60(4,5)32-11-30-58-52(56)39(2)37-54)36-49(35-47)46-24-28-51(29-25-46)61(6,7)33-12-31-59-53(57)40(3)38-55/h22-29,34-36,41-44,54-55H,2-3,8-21,30-33,37-38H2,1,4-7H3. The molecule has 0 bridgehead atoms. The lowest BCUT2D eigenvalue weighted by Crippen LogP contribution is -2.41. The van der Waals surface area contributed by atoms with Crippen molar-refractivity contribution in [2.75, 3.05) is 26.4 Å². The molecule has 0 aromatic heterocycles. The molecule has 6 nitrogen and oxygen atoms in total. The third-order valence-electron chi connectivity index (χ3n) is 14.3. The molecule has 0 unspecified atom stereocenters. The summed E-state index contributed by atoms with van der Waals surface area (Å²) in [5.74, 6) is 2.32. The molecule has 332 valence electrons. The minimum Gasteiger partial charge on any atom is -0.462 e. The van der Waals surface area contributed by atoms with Gasteiger partial charge in [-0.15, -0.1) is 0 Å². The van der Waals surface area contributed by atoms with Gasteiger partial charge >= 0.3 is 11.9 Å². The maximum Gasteiger partial charge on any atom is 0.335 e. The van der Waals surface area contributed by atoms with E-state index in [1.807, 2.05) is 0 Å². The molecule has 5 rings (SSSR count). The van der Waals surface area contributed by atoms with Crippen LogP contribution in [0.5, 0.6) is 0 Å². The van der Waals surface area contributed by atoms with Crippen LogP contribution in [0.25, 0.3) is 22.3 Å². The molecule has 0 heterocycles. The number of carbonyl (C=O) groups is 2. The molecule has 8 heteroatoms. The molecule has 61 heavy (non-hydrogen) atoms. The van der Waals surface area contributed by atoms with Gasteiger partial charge in [-0.2, -0.15) is 0 Å². The number of esters is 2. The Morgan fingerprint density at radius 2 is 1.02 bits per heavy atom. The number of hydrogen-bond donors (Lipinski definition) is 2. The minimum atomic E-state index is -1.78. The van der Waals surface area contributed by atoms with Crippen LogP contribution in [0.4, 0.5) is 0 Å². The van der Waals surface area contributed by atoms with Crippen molar-refractivity contribution < 1.29 is 29.3 Å². The Bertz CT molecular complexity index is 1770. The smallest absolute Gasteiger partial charge is 0.335 e. The fourth-order valence-electron chi connectivity index (χ4n) is 9.98. The average Bonchev–Trinajstić information content (AvgIpc) is 3.28. The van der Waals surface area contributed by atoms with Gasteiger partial charge in [0.1, 0.15) is 0 Å². The van der Waals surface area contributed by atoms with Crippen molar-refractivity contribution in [1.82, 2.24) is 0 Å². The highest BCUT2D eigenvalue weighted by atomic mass is 28.3. The summed E-state index contributed by atoms with van der Waals surface area (Å²) in [5, 5.41) is 21.1. The van der Waals surface area contributed by atoms with Crippen molar-refractivity contribution >= 4 is 38.5 Å². The van der Waals surface area contributed by atoms with Crippen molar-refractivity contribution in [3.63, 3.8) is 0 Å². The van der Waals surface area contributed by atoms with Crippen LogP contribution in [0, 0.1) is 17.8 Å². The fourth-order valence-corrected chi connectivity index (χ4v) is 14.8. The molecule has 2 saturated carbocycles. The highest BCUT2D eigenvalue weighted by molar-refractivity contribution is 6.90. The summed E-state index contributed by atoms with van der Waals surface area (Å²) >= 11 is 0. The summed E-state index contributed by atoms with van der Waals surface area (Å²) in [5.41, 5.74) is 6.69. The van der Waals surface area contributed by atoms with Crippen LogP contribution in [-0.4, -0.2) is 64.7 Å². The van der Waals surface area contributed by atoms with Gasteiger partial charge < -0.3 is 19.7 Å². The summed E-state index contributed by atoms with van der Waals surface area (Å²) < 4.78 is 10.7. The van der Waals surface area contributed by atoms with E-state index in [-0.39, 0.29) is 24.4 Å². The van der Waals surface area contributed by atoms with Crippen LogP contribution >= 0.6 is 0 Å². The molecular weight excluding hydrogens is 789 g/mol. The molecule has 0 saturated heterocycles. The topological polar surface area (TPSA) is 93.1 Å².